The molecule has 5 nitrogen and oxygen atoms in total. The van der Waals surface area contributed by atoms with Gasteiger partial charge in [-0.15, -0.1) is 0 Å². The minimum absolute atomic E-state index is 0.0916. The Morgan fingerprint density at radius 1 is 1.18 bits per heavy atom. The van der Waals surface area contributed by atoms with Gasteiger partial charge in [-0.1, -0.05) is 23.7 Å². The van der Waals surface area contributed by atoms with Crippen LogP contribution in [0.15, 0.2) is 47.3 Å². The number of benzene rings is 2. The van der Waals surface area contributed by atoms with E-state index in [1.807, 2.05) is 0 Å². The standard InChI is InChI=1S/C16H14ClN3O2/c1-19-13-6-5-12(18)9-14(13)20(16(19)22)15(21)8-10-3-2-4-11(17)7-10/h2-7,9H,8,18H2,1H3. The molecule has 0 bridgehead atoms. The first-order valence-electron chi connectivity index (χ1n) is 6.72. The molecule has 0 amide bonds. The fourth-order valence-corrected chi connectivity index (χ4v) is 2.71. The van der Waals surface area contributed by atoms with E-state index in [-0.39, 0.29) is 18.0 Å². The summed E-state index contributed by atoms with van der Waals surface area (Å²) in [6.07, 6.45) is 0.0916. The number of anilines is 1. The van der Waals surface area contributed by atoms with E-state index in [9.17, 15) is 9.59 Å². The van der Waals surface area contributed by atoms with Gasteiger partial charge in [-0.2, -0.15) is 0 Å². The summed E-state index contributed by atoms with van der Waals surface area (Å²) < 4.78 is 2.59. The van der Waals surface area contributed by atoms with E-state index < -0.39 is 0 Å². The normalized spacial score (nSPS) is 11.0. The summed E-state index contributed by atoms with van der Waals surface area (Å²) in [6.45, 7) is 0. The zero-order valence-electron chi connectivity index (χ0n) is 11.9. The Bertz CT molecular complexity index is 940. The fraction of sp³-hybridized carbons (Fsp3) is 0.125. The van der Waals surface area contributed by atoms with Crippen LogP contribution in [0.2, 0.25) is 5.02 Å². The highest BCUT2D eigenvalue weighted by Gasteiger charge is 2.17. The van der Waals surface area contributed by atoms with Crippen molar-refractivity contribution >= 4 is 34.2 Å². The highest BCUT2D eigenvalue weighted by atomic mass is 35.5. The van der Waals surface area contributed by atoms with Crippen LogP contribution < -0.4 is 11.4 Å². The van der Waals surface area contributed by atoms with Crippen LogP contribution in [0, 0.1) is 0 Å². The topological polar surface area (TPSA) is 70.0 Å². The second-order valence-corrected chi connectivity index (χ2v) is 5.56. The number of aryl methyl sites for hydroxylation is 1. The van der Waals surface area contributed by atoms with Crippen LogP contribution in [0.3, 0.4) is 0 Å². The fourth-order valence-electron chi connectivity index (χ4n) is 2.50. The summed E-state index contributed by atoms with van der Waals surface area (Å²) in [5, 5.41) is 0.555. The lowest BCUT2D eigenvalue weighted by molar-refractivity contribution is 0.0914. The maximum Gasteiger partial charge on any atom is 0.335 e. The van der Waals surface area contributed by atoms with Crippen molar-refractivity contribution in [3.63, 3.8) is 0 Å². The molecule has 0 spiro atoms. The number of carbonyl (C=O) groups is 1. The Hall–Kier alpha value is -2.53. The van der Waals surface area contributed by atoms with Crippen molar-refractivity contribution < 1.29 is 4.79 Å². The van der Waals surface area contributed by atoms with Gasteiger partial charge in [0, 0.05) is 17.8 Å². The van der Waals surface area contributed by atoms with Crippen LogP contribution in [0.1, 0.15) is 10.4 Å². The van der Waals surface area contributed by atoms with Crippen LogP contribution >= 0.6 is 11.6 Å². The Balaban J connectivity index is 2.09. The number of nitrogen functional groups attached to an aromatic ring is 1. The van der Waals surface area contributed by atoms with Crippen LogP contribution in [0.4, 0.5) is 5.69 Å². The lowest BCUT2D eigenvalue weighted by atomic mass is 10.1. The van der Waals surface area contributed by atoms with Crippen molar-refractivity contribution in [3.05, 3.63) is 63.5 Å². The van der Waals surface area contributed by atoms with Crippen molar-refractivity contribution in [3.8, 4) is 0 Å². The molecule has 1 aromatic heterocycles. The zero-order valence-corrected chi connectivity index (χ0v) is 12.7. The molecular formula is C16H14ClN3O2. The molecule has 22 heavy (non-hydrogen) atoms. The third-order valence-electron chi connectivity index (χ3n) is 3.57. The van der Waals surface area contributed by atoms with Crippen molar-refractivity contribution in [2.45, 2.75) is 6.42 Å². The average Bonchev–Trinajstić information content (AvgIpc) is 2.70. The van der Waals surface area contributed by atoms with E-state index in [1.165, 1.54) is 4.57 Å². The van der Waals surface area contributed by atoms with Crippen LogP contribution in [-0.2, 0) is 13.5 Å². The number of halogens is 1. The Labute approximate surface area is 131 Å². The third kappa shape index (κ3) is 2.40. The summed E-state index contributed by atoms with van der Waals surface area (Å²) in [4.78, 5) is 24.9. The van der Waals surface area contributed by atoms with Gasteiger partial charge in [-0.3, -0.25) is 9.36 Å². The molecule has 0 aliphatic carbocycles. The Morgan fingerprint density at radius 2 is 1.95 bits per heavy atom. The minimum atomic E-state index is -0.382. The van der Waals surface area contributed by atoms with E-state index in [1.54, 1.807) is 49.5 Å². The van der Waals surface area contributed by atoms with Gasteiger partial charge in [-0.25, -0.2) is 9.36 Å². The number of rotatable bonds is 2. The lowest BCUT2D eigenvalue weighted by Crippen LogP contribution is -2.28. The second kappa shape index (κ2) is 5.35. The molecule has 6 heteroatoms. The minimum Gasteiger partial charge on any atom is -0.399 e. The van der Waals surface area contributed by atoms with Gasteiger partial charge in [-0.05, 0) is 35.9 Å². The molecule has 2 N–H and O–H groups in total. The van der Waals surface area contributed by atoms with Crippen LogP contribution in [0.25, 0.3) is 11.0 Å². The summed E-state index contributed by atoms with van der Waals surface area (Å²) in [7, 11) is 1.63. The summed E-state index contributed by atoms with van der Waals surface area (Å²) in [6, 6.07) is 12.1. The van der Waals surface area contributed by atoms with Crippen molar-refractivity contribution in [2.24, 2.45) is 7.05 Å². The molecule has 0 radical (unpaired) electrons. The summed E-state index contributed by atoms with van der Waals surface area (Å²) in [5.41, 5.74) is 7.83. The molecule has 2 aromatic carbocycles. The first kappa shape index (κ1) is 14.4. The molecule has 1 heterocycles. The van der Waals surface area contributed by atoms with Gasteiger partial charge in [0.25, 0.3) is 0 Å². The number of hydrogen-bond acceptors (Lipinski definition) is 3. The van der Waals surface area contributed by atoms with E-state index in [0.29, 0.717) is 21.7 Å². The van der Waals surface area contributed by atoms with Crippen LogP contribution in [-0.4, -0.2) is 15.0 Å². The molecule has 0 aliphatic heterocycles. The number of fused-ring (bicyclic) bond motifs is 1. The lowest BCUT2D eigenvalue weighted by Gasteiger charge is -2.03. The first-order chi connectivity index (χ1) is 10.5. The smallest absolute Gasteiger partial charge is 0.335 e. The number of hydrogen-bond donors (Lipinski definition) is 1. The van der Waals surface area contributed by atoms with E-state index >= 15 is 0 Å². The number of nitrogens with zero attached hydrogens (tertiary/aromatic N) is 2. The molecule has 0 saturated carbocycles. The van der Waals surface area contributed by atoms with Gasteiger partial charge >= 0.3 is 5.69 Å². The SMILES string of the molecule is Cn1c(=O)n(C(=O)Cc2cccc(Cl)c2)c2cc(N)ccc21. The van der Waals surface area contributed by atoms with Crippen molar-refractivity contribution in [1.82, 2.24) is 9.13 Å². The van der Waals surface area contributed by atoms with Gasteiger partial charge in [0.2, 0.25) is 5.91 Å². The Morgan fingerprint density at radius 3 is 2.68 bits per heavy atom. The maximum atomic E-state index is 12.6. The summed E-state index contributed by atoms with van der Waals surface area (Å²) >= 11 is 5.93. The molecule has 0 aliphatic rings. The average molecular weight is 316 g/mol. The van der Waals surface area contributed by atoms with Crippen molar-refractivity contribution in [1.29, 1.82) is 0 Å². The van der Waals surface area contributed by atoms with Crippen LogP contribution in [0.5, 0.6) is 0 Å². The molecule has 0 atom stereocenters. The molecule has 112 valence electrons. The van der Waals surface area contributed by atoms with Crippen molar-refractivity contribution in [2.75, 3.05) is 5.73 Å². The quantitative estimate of drug-likeness (QED) is 0.738. The summed E-state index contributed by atoms with van der Waals surface area (Å²) in [5.74, 6) is -0.316. The highest BCUT2D eigenvalue weighted by Crippen LogP contribution is 2.17. The number of imidazole rings is 1. The Kier molecular flexibility index (Phi) is 3.50. The van der Waals surface area contributed by atoms with E-state index in [0.717, 1.165) is 10.1 Å². The third-order valence-corrected chi connectivity index (χ3v) is 3.81. The molecule has 0 saturated heterocycles. The molecule has 0 unspecified atom stereocenters. The largest absolute Gasteiger partial charge is 0.399 e. The zero-order chi connectivity index (χ0) is 15.9. The van der Waals surface area contributed by atoms with Gasteiger partial charge in [0.1, 0.15) is 0 Å². The van der Waals surface area contributed by atoms with Gasteiger partial charge < -0.3 is 5.73 Å². The predicted octanol–water partition coefficient (Wildman–Crippen LogP) is 2.46. The molecule has 0 fully saturated rings. The number of aromatic nitrogens is 2. The number of nitrogens with two attached hydrogens (primary N) is 1. The number of carbonyl (C=O) groups excluding carboxylic acids is 1. The second-order valence-electron chi connectivity index (χ2n) is 5.13. The van der Waals surface area contributed by atoms with E-state index in [2.05, 4.69) is 0 Å². The highest BCUT2D eigenvalue weighted by molar-refractivity contribution is 6.30. The van der Waals surface area contributed by atoms with E-state index in [4.69, 9.17) is 17.3 Å². The maximum absolute atomic E-state index is 12.6. The van der Waals surface area contributed by atoms with Gasteiger partial charge in [0.05, 0.1) is 17.5 Å². The molecule has 3 rings (SSSR count). The predicted molar refractivity (Wildman–Crippen MR) is 87.4 cm³/mol. The molecule has 3 aromatic rings. The molecular weight excluding hydrogens is 302 g/mol. The van der Waals surface area contributed by atoms with Gasteiger partial charge in [0.15, 0.2) is 0 Å². The first-order valence-corrected chi connectivity index (χ1v) is 7.10. The monoisotopic (exact) mass is 315 g/mol.